The molecule has 94 valence electrons. The van der Waals surface area contributed by atoms with Gasteiger partial charge in [0.2, 0.25) is 0 Å². The summed E-state index contributed by atoms with van der Waals surface area (Å²) in [5, 5.41) is 0. The van der Waals surface area contributed by atoms with Crippen LogP contribution in [0.1, 0.15) is 17.3 Å². The van der Waals surface area contributed by atoms with E-state index in [-0.39, 0.29) is 5.91 Å². The molecule has 5 heteroatoms. The molecule has 0 saturated carbocycles. The van der Waals surface area contributed by atoms with Crippen molar-refractivity contribution in [2.75, 3.05) is 0 Å². The molecule has 0 aliphatic rings. The monoisotopic (exact) mass is 308 g/mol. The van der Waals surface area contributed by atoms with Gasteiger partial charge in [0.1, 0.15) is 0 Å². The van der Waals surface area contributed by atoms with E-state index in [0.717, 1.165) is 0 Å². The Kier molecular flexibility index (Phi) is 5.87. The highest BCUT2D eigenvalue weighted by Crippen LogP contribution is 2.14. The summed E-state index contributed by atoms with van der Waals surface area (Å²) >= 11 is 3.26. The minimum absolute atomic E-state index is 0.379. The van der Waals surface area contributed by atoms with Crippen molar-refractivity contribution in [1.29, 1.82) is 0 Å². The number of nitrogens with one attached hydrogen (secondary N) is 2. The number of rotatable bonds is 3. The van der Waals surface area contributed by atoms with Gasteiger partial charge in [-0.25, -0.2) is 0 Å². The smallest absolute Gasteiger partial charge is 0.268 e. The van der Waals surface area contributed by atoms with Gasteiger partial charge in [0.05, 0.1) is 5.56 Å². The number of halogens is 1. The highest BCUT2D eigenvalue weighted by atomic mass is 79.9. The molecule has 0 fully saturated rings. The molecule has 0 aromatic heterocycles. The van der Waals surface area contributed by atoms with Gasteiger partial charge >= 0.3 is 0 Å². The Labute approximate surface area is 114 Å². The molecule has 0 spiro atoms. The van der Waals surface area contributed by atoms with Crippen LogP contribution in [0.15, 0.2) is 53.0 Å². The molecule has 1 aromatic rings. The van der Waals surface area contributed by atoms with E-state index in [1.807, 2.05) is 6.92 Å². The lowest BCUT2D eigenvalue weighted by Crippen LogP contribution is -2.40. The van der Waals surface area contributed by atoms with Crippen molar-refractivity contribution in [2.24, 2.45) is 0 Å². The SMILES string of the molecule is C/C=C/C=C/C(=O)NNC(=O)c1ccccc1Br. The number of amides is 2. The fraction of sp³-hybridized carbons (Fsp3) is 0.0769. The van der Waals surface area contributed by atoms with Gasteiger partial charge in [0, 0.05) is 10.5 Å². The van der Waals surface area contributed by atoms with Crippen molar-refractivity contribution in [1.82, 2.24) is 10.9 Å². The Morgan fingerprint density at radius 1 is 1.17 bits per heavy atom. The van der Waals surface area contributed by atoms with Gasteiger partial charge in [-0.05, 0) is 35.0 Å². The van der Waals surface area contributed by atoms with Crippen LogP contribution in [-0.4, -0.2) is 11.8 Å². The Morgan fingerprint density at radius 2 is 1.89 bits per heavy atom. The molecular formula is C13H13BrN2O2. The molecule has 2 amide bonds. The molecule has 0 bridgehead atoms. The first-order valence-corrected chi connectivity index (χ1v) is 6.08. The second-order valence-electron chi connectivity index (χ2n) is 3.31. The van der Waals surface area contributed by atoms with E-state index < -0.39 is 5.91 Å². The maximum Gasteiger partial charge on any atom is 0.270 e. The Balaban J connectivity index is 2.52. The van der Waals surface area contributed by atoms with Crippen molar-refractivity contribution in [3.05, 3.63) is 58.6 Å². The molecule has 0 saturated heterocycles. The molecule has 18 heavy (non-hydrogen) atoms. The first-order chi connectivity index (χ1) is 8.65. The van der Waals surface area contributed by atoms with Crippen molar-refractivity contribution >= 4 is 27.7 Å². The first kappa shape index (κ1) is 14.2. The Morgan fingerprint density at radius 3 is 2.56 bits per heavy atom. The first-order valence-electron chi connectivity index (χ1n) is 5.29. The van der Waals surface area contributed by atoms with Gasteiger partial charge in [0.15, 0.2) is 0 Å². The molecule has 2 N–H and O–H groups in total. The van der Waals surface area contributed by atoms with Crippen LogP contribution in [0.5, 0.6) is 0 Å². The number of carbonyl (C=O) groups is 2. The van der Waals surface area contributed by atoms with Crippen LogP contribution in [0.3, 0.4) is 0 Å². The van der Waals surface area contributed by atoms with Crippen molar-refractivity contribution in [3.63, 3.8) is 0 Å². The average molecular weight is 309 g/mol. The summed E-state index contributed by atoms with van der Waals surface area (Å²) < 4.78 is 0.668. The van der Waals surface area contributed by atoms with Crippen LogP contribution in [0.25, 0.3) is 0 Å². The fourth-order valence-electron chi connectivity index (χ4n) is 1.13. The zero-order valence-electron chi connectivity index (χ0n) is 9.81. The molecular weight excluding hydrogens is 296 g/mol. The normalized spacial score (nSPS) is 10.8. The van der Waals surface area contributed by atoms with Gasteiger partial charge in [-0.1, -0.05) is 30.4 Å². The molecule has 0 aliphatic heterocycles. The van der Waals surface area contributed by atoms with E-state index >= 15 is 0 Å². The van der Waals surface area contributed by atoms with Crippen LogP contribution in [-0.2, 0) is 4.79 Å². The van der Waals surface area contributed by atoms with E-state index in [9.17, 15) is 9.59 Å². The van der Waals surface area contributed by atoms with E-state index in [1.54, 1.807) is 42.5 Å². The van der Waals surface area contributed by atoms with Gasteiger partial charge in [-0.2, -0.15) is 0 Å². The number of hydrazine groups is 1. The van der Waals surface area contributed by atoms with Crippen LogP contribution in [0.2, 0.25) is 0 Å². The quantitative estimate of drug-likeness (QED) is 0.511. The molecule has 0 aliphatic carbocycles. The maximum absolute atomic E-state index is 11.7. The largest absolute Gasteiger partial charge is 0.270 e. The zero-order chi connectivity index (χ0) is 13.4. The van der Waals surface area contributed by atoms with Crippen LogP contribution in [0, 0.1) is 0 Å². The minimum atomic E-state index is -0.395. The lowest BCUT2D eigenvalue weighted by molar-refractivity contribution is -0.117. The van der Waals surface area contributed by atoms with E-state index in [4.69, 9.17) is 0 Å². The summed E-state index contributed by atoms with van der Waals surface area (Å²) in [5.74, 6) is -0.774. The lowest BCUT2D eigenvalue weighted by Gasteiger charge is -2.06. The summed E-state index contributed by atoms with van der Waals surface area (Å²) in [4.78, 5) is 23.0. The van der Waals surface area contributed by atoms with Crippen LogP contribution in [0.4, 0.5) is 0 Å². The number of hydrogen-bond acceptors (Lipinski definition) is 2. The predicted molar refractivity (Wildman–Crippen MR) is 73.7 cm³/mol. The zero-order valence-corrected chi connectivity index (χ0v) is 11.4. The van der Waals surface area contributed by atoms with Crippen molar-refractivity contribution in [3.8, 4) is 0 Å². The molecule has 0 unspecified atom stereocenters. The summed E-state index contributed by atoms with van der Waals surface area (Å²) in [5.41, 5.74) is 5.06. The van der Waals surface area contributed by atoms with Gasteiger partial charge in [-0.15, -0.1) is 0 Å². The number of hydrogen-bond donors (Lipinski definition) is 2. The maximum atomic E-state index is 11.7. The predicted octanol–water partition coefficient (Wildman–Crippen LogP) is 2.34. The lowest BCUT2D eigenvalue weighted by atomic mass is 10.2. The van der Waals surface area contributed by atoms with E-state index in [1.165, 1.54) is 6.08 Å². The fourth-order valence-corrected chi connectivity index (χ4v) is 1.59. The van der Waals surface area contributed by atoms with Crippen LogP contribution < -0.4 is 10.9 Å². The number of carbonyl (C=O) groups excluding carboxylic acids is 2. The summed E-state index contributed by atoms with van der Waals surface area (Å²) in [6.07, 6.45) is 6.42. The van der Waals surface area contributed by atoms with Gasteiger partial charge in [-0.3, -0.25) is 20.4 Å². The van der Waals surface area contributed by atoms with Crippen molar-refractivity contribution in [2.45, 2.75) is 6.92 Å². The highest BCUT2D eigenvalue weighted by Gasteiger charge is 2.08. The highest BCUT2D eigenvalue weighted by molar-refractivity contribution is 9.10. The number of benzene rings is 1. The Bertz CT molecular complexity index is 496. The molecule has 0 radical (unpaired) electrons. The molecule has 0 atom stereocenters. The summed E-state index contributed by atoms with van der Waals surface area (Å²) in [7, 11) is 0. The number of allylic oxidation sites excluding steroid dienone is 3. The molecule has 4 nitrogen and oxygen atoms in total. The molecule has 1 rings (SSSR count). The third kappa shape index (κ3) is 4.55. The van der Waals surface area contributed by atoms with Crippen LogP contribution >= 0.6 is 15.9 Å². The minimum Gasteiger partial charge on any atom is -0.268 e. The van der Waals surface area contributed by atoms with E-state index in [0.29, 0.717) is 10.0 Å². The summed E-state index contributed by atoms with van der Waals surface area (Å²) in [6, 6.07) is 6.95. The third-order valence-electron chi connectivity index (χ3n) is 1.97. The van der Waals surface area contributed by atoms with Crippen molar-refractivity contribution < 1.29 is 9.59 Å². The second kappa shape index (κ2) is 7.45. The van der Waals surface area contributed by atoms with Gasteiger partial charge < -0.3 is 0 Å². The average Bonchev–Trinajstić information content (AvgIpc) is 2.37. The summed E-state index contributed by atoms with van der Waals surface area (Å²) in [6.45, 7) is 1.84. The Hall–Kier alpha value is -1.88. The third-order valence-corrected chi connectivity index (χ3v) is 2.66. The standard InChI is InChI=1S/C13H13BrN2O2/c1-2-3-4-9-12(17)15-16-13(18)10-7-5-6-8-11(10)14/h2-9H,1H3,(H,15,17)(H,16,18)/b3-2+,9-4+. The molecule has 0 heterocycles. The topological polar surface area (TPSA) is 58.2 Å². The molecule has 1 aromatic carbocycles. The second-order valence-corrected chi connectivity index (χ2v) is 4.16. The van der Waals surface area contributed by atoms with E-state index in [2.05, 4.69) is 26.8 Å². The van der Waals surface area contributed by atoms with Gasteiger partial charge in [0.25, 0.3) is 11.8 Å².